The minimum Gasteiger partial charge on any atom is -0.357 e. The Morgan fingerprint density at radius 3 is 2.63 bits per heavy atom. The van der Waals surface area contributed by atoms with E-state index in [2.05, 4.69) is 77.2 Å². The molecule has 5 heteroatoms. The molecule has 0 aliphatic carbocycles. The number of guanidine groups is 1. The largest absolute Gasteiger partial charge is 0.357 e. The van der Waals surface area contributed by atoms with Crippen molar-refractivity contribution in [1.82, 2.24) is 15.5 Å². The van der Waals surface area contributed by atoms with Gasteiger partial charge in [-0.2, -0.15) is 0 Å². The van der Waals surface area contributed by atoms with Crippen LogP contribution in [0.3, 0.4) is 0 Å². The number of hydrogen-bond donors (Lipinski definition) is 2. The fourth-order valence-corrected chi connectivity index (χ4v) is 4.26. The zero-order valence-electron chi connectivity index (χ0n) is 16.5. The predicted molar refractivity (Wildman–Crippen MR) is 117 cm³/mol. The molecule has 2 heterocycles. The van der Waals surface area contributed by atoms with Crippen LogP contribution in [0.15, 0.2) is 52.8 Å². The Balaban J connectivity index is 1.46. The van der Waals surface area contributed by atoms with Crippen LogP contribution in [-0.4, -0.2) is 43.1 Å². The van der Waals surface area contributed by atoms with Crippen molar-refractivity contribution in [2.75, 3.05) is 26.2 Å². The van der Waals surface area contributed by atoms with Crippen molar-refractivity contribution in [1.29, 1.82) is 0 Å². The SMILES string of the molecule is CCNC(=NCC(C)c1cccs1)NC1CCN(Cc2ccccc2)CC1. The molecular weight excluding hydrogens is 352 g/mol. The Labute approximate surface area is 167 Å². The lowest BCUT2D eigenvalue weighted by atomic mass is 10.0. The summed E-state index contributed by atoms with van der Waals surface area (Å²) in [5.41, 5.74) is 1.40. The summed E-state index contributed by atoms with van der Waals surface area (Å²) in [6, 6.07) is 15.6. The molecule has 0 amide bonds. The van der Waals surface area contributed by atoms with E-state index in [1.54, 1.807) is 0 Å². The first-order valence-electron chi connectivity index (χ1n) is 10.1. The Hall–Kier alpha value is -1.85. The first kappa shape index (κ1) is 19.9. The van der Waals surface area contributed by atoms with E-state index in [0.29, 0.717) is 12.0 Å². The maximum absolute atomic E-state index is 4.84. The minimum absolute atomic E-state index is 0.466. The normalized spacial score (nSPS) is 17.6. The molecule has 1 saturated heterocycles. The fraction of sp³-hybridized carbons (Fsp3) is 0.500. The number of likely N-dealkylation sites (tertiary alicyclic amines) is 1. The zero-order valence-corrected chi connectivity index (χ0v) is 17.3. The number of aliphatic imine (C=N–C) groups is 1. The van der Waals surface area contributed by atoms with Gasteiger partial charge in [0.05, 0.1) is 6.54 Å². The highest BCUT2D eigenvalue weighted by Crippen LogP contribution is 2.20. The highest BCUT2D eigenvalue weighted by Gasteiger charge is 2.20. The molecule has 1 unspecified atom stereocenters. The lowest BCUT2D eigenvalue weighted by molar-refractivity contribution is 0.198. The third-order valence-electron chi connectivity index (χ3n) is 5.07. The second-order valence-corrected chi connectivity index (χ2v) is 8.30. The van der Waals surface area contributed by atoms with Gasteiger partial charge in [0, 0.05) is 43.0 Å². The van der Waals surface area contributed by atoms with Crippen LogP contribution in [0.1, 0.15) is 43.0 Å². The Morgan fingerprint density at radius 2 is 1.96 bits per heavy atom. The summed E-state index contributed by atoms with van der Waals surface area (Å²) in [7, 11) is 0. The maximum Gasteiger partial charge on any atom is 0.191 e. The van der Waals surface area contributed by atoms with E-state index < -0.39 is 0 Å². The highest BCUT2D eigenvalue weighted by atomic mass is 32.1. The number of benzene rings is 1. The van der Waals surface area contributed by atoms with E-state index in [9.17, 15) is 0 Å². The van der Waals surface area contributed by atoms with Gasteiger partial charge in [0.2, 0.25) is 0 Å². The van der Waals surface area contributed by atoms with Gasteiger partial charge >= 0.3 is 0 Å². The van der Waals surface area contributed by atoms with Crippen LogP contribution < -0.4 is 10.6 Å². The van der Waals surface area contributed by atoms with Crippen molar-refractivity contribution < 1.29 is 0 Å². The van der Waals surface area contributed by atoms with Gasteiger partial charge in [-0.15, -0.1) is 11.3 Å². The van der Waals surface area contributed by atoms with Crippen LogP contribution in [0.4, 0.5) is 0 Å². The number of rotatable bonds is 7. The predicted octanol–water partition coefficient (Wildman–Crippen LogP) is 4.07. The molecule has 2 N–H and O–H groups in total. The fourth-order valence-electron chi connectivity index (χ4n) is 3.48. The van der Waals surface area contributed by atoms with Gasteiger partial charge < -0.3 is 10.6 Å². The molecule has 1 aromatic heterocycles. The van der Waals surface area contributed by atoms with E-state index in [1.165, 1.54) is 10.4 Å². The molecule has 0 spiro atoms. The van der Waals surface area contributed by atoms with Crippen LogP contribution in [0.25, 0.3) is 0 Å². The van der Waals surface area contributed by atoms with E-state index >= 15 is 0 Å². The number of hydrogen-bond acceptors (Lipinski definition) is 3. The molecule has 146 valence electrons. The van der Waals surface area contributed by atoms with Crippen molar-refractivity contribution in [3.05, 3.63) is 58.3 Å². The molecule has 0 radical (unpaired) electrons. The molecule has 27 heavy (non-hydrogen) atoms. The summed E-state index contributed by atoms with van der Waals surface area (Å²) in [5.74, 6) is 1.43. The molecule has 1 fully saturated rings. The van der Waals surface area contributed by atoms with Crippen LogP contribution in [0, 0.1) is 0 Å². The second-order valence-electron chi connectivity index (χ2n) is 7.32. The number of nitrogens with one attached hydrogen (secondary N) is 2. The Morgan fingerprint density at radius 1 is 1.19 bits per heavy atom. The molecule has 0 saturated carbocycles. The molecule has 1 aliphatic rings. The third-order valence-corrected chi connectivity index (χ3v) is 6.18. The summed E-state index contributed by atoms with van der Waals surface area (Å²) in [6.07, 6.45) is 2.33. The highest BCUT2D eigenvalue weighted by molar-refractivity contribution is 7.10. The van der Waals surface area contributed by atoms with Crippen LogP contribution >= 0.6 is 11.3 Å². The molecule has 1 atom stereocenters. The van der Waals surface area contributed by atoms with Crippen molar-refractivity contribution in [3.63, 3.8) is 0 Å². The van der Waals surface area contributed by atoms with E-state index in [0.717, 1.165) is 51.5 Å². The molecule has 3 rings (SSSR count). The van der Waals surface area contributed by atoms with Gasteiger partial charge in [-0.3, -0.25) is 9.89 Å². The number of piperidine rings is 1. The summed E-state index contributed by atoms with van der Waals surface area (Å²) in [4.78, 5) is 8.80. The summed E-state index contributed by atoms with van der Waals surface area (Å²) in [6.45, 7) is 9.42. The van der Waals surface area contributed by atoms with Crippen molar-refractivity contribution in [3.8, 4) is 0 Å². The third kappa shape index (κ3) is 6.36. The maximum atomic E-state index is 4.84. The molecule has 1 aromatic carbocycles. The smallest absolute Gasteiger partial charge is 0.191 e. The Bertz CT molecular complexity index is 676. The lowest BCUT2D eigenvalue weighted by Crippen LogP contribution is -2.48. The summed E-state index contributed by atoms with van der Waals surface area (Å²) >= 11 is 1.82. The first-order valence-corrected chi connectivity index (χ1v) is 11.0. The first-order chi connectivity index (χ1) is 13.2. The van der Waals surface area contributed by atoms with Crippen molar-refractivity contribution in [2.24, 2.45) is 4.99 Å². The lowest BCUT2D eigenvalue weighted by Gasteiger charge is -2.33. The van der Waals surface area contributed by atoms with Crippen LogP contribution in [0.5, 0.6) is 0 Å². The number of nitrogens with zero attached hydrogens (tertiary/aromatic N) is 2. The second kappa shape index (κ2) is 10.5. The Kier molecular flexibility index (Phi) is 7.72. The van der Waals surface area contributed by atoms with Crippen molar-refractivity contribution in [2.45, 2.75) is 45.2 Å². The van der Waals surface area contributed by atoms with Gasteiger partial charge in [0.1, 0.15) is 0 Å². The molecular formula is C22H32N4S. The molecule has 0 bridgehead atoms. The van der Waals surface area contributed by atoms with Crippen LogP contribution in [0.2, 0.25) is 0 Å². The van der Waals surface area contributed by atoms with Gasteiger partial charge in [0.15, 0.2) is 5.96 Å². The standard InChI is InChI=1S/C22H32N4S/c1-3-23-22(24-16-18(2)21-10-7-15-27-21)25-20-11-13-26(14-12-20)17-19-8-5-4-6-9-19/h4-10,15,18,20H,3,11-14,16-17H2,1-2H3,(H2,23,24,25). The quantitative estimate of drug-likeness (QED) is 0.558. The van der Waals surface area contributed by atoms with Gasteiger partial charge in [-0.1, -0.05) is 43.3 Å². The van der Waals surface area contributed by atoms with Gasteiger partial charge in [0.25, 0.3) is 0 Å². The van der Waals surface area contributed by atoms with E-state index in [4.69, 9.17) is 4.99 Å². The zero-order chi connectivity index (χ0) is 18.9. The van der Waals surface area contributed by atoms with E-state index in [-0.39, 0.29) is 0 Å². The molecule has 1 aliphatic heterocycles. The molecule has 4 nitrogen and oxygen atoms in total. The monoisotopic (exact) mass is 384 g/mol. The summed E-state index contributed by atoms with van der Waals surface area (Å²) < 4.78 is 0. The average molecular weight is 385 g/mol. The molecule has 2 aromatic rings. The van der Waals surface area contributed by atoms with E-state index in [1.807, 2.05) is 11.3 Å². The van der Waals surface area contributed by atoms with Gasteiger partial charge in [-0.05, 0) is 36.8 Å². The van der Waals surface area contributed by atoms with Gasteiger partial charge in [-0.25, -0.2) is 0 Å². The van der Waals surface area contributed by atoms with Crippen LogP contribution in [-0.2, 0) is 6.54 Å². The average Bonchev–Trinajstić information content (AvgIpc) is 3.23. The number of thiophene rings is 1. The minimum atomic E-state index is 0.466. The van der Waals surface area contributed by atoms with Crippen molar-refractivity contribution >= 4 is 17.3 Å². The summed E-state index contributed by atoms with van der Waals surface area (Å²) in [5, 5.41) is 9.21. The topological polar surface area (TPSA) is 39.7 Å².